The van der Waals surface area contributed by atoms with E-state index >= 15 is 0 Å². The molecule has 0 aliphatic carbocycles. The molecule has 1 N–H and O–H groups in total. The summed E-state index contributed by atoms with van der Waals surface area (Å²) in [6.07, 6.45) is -0.457. The van der Waals surface area contributed by atoms with Crippen LogP contribution in [0, 0.1) is 0 Å². The van der Waals surface area contributed by atoms with Gasteiger partial charge in [-0.05, 0) is 19.1 Å². The molecule has 1 rings (SSSR count). The second-order valence-electron chi connectivity index (χ2n) is 3.09. The molecular weight excluding hydrogens is 212 g/mol. The molecule has 0 fully saturated rings. The van der Waals surface area contributed by atoms with Crippen molar-refractivity contribution in [3.8, 4) is 11.5 Å². The molecule has 16 heavy (non-hydrogen) atoms. The van der Waals surface area contributed by atoms with E-state index in [1.807, 2.05) is 0 Å². The van der Waals surface area contributed by atoms with Crippen molar-refractivity contribution in [3.05, 3.63) is 23.8 Å². The van der Waals surface area contributed by atoms with Crippen molar-refractivity contribution in [2.45, 2.75) is 13.0 Å². The van der Waals surface area contributed by atoms with Gasteiger partial charge in [-0.25, -0.2) is 4.79 Å². The van der Waals surface area contributed by atoms with Crippen LogP contribution < -0.4 is 9.47 Å². The lowest BCUT2D eigenvalue weighted by Crippen LogP contribution is -2.23. The molecule has 0 aliphatic rings. The molecule has 0 bridgehead atoms. The van der Waals surface area contributed by atoms with Gasteiger partial charge >= 0.3 is 5.97 Å². The van der Waals surface area contributed by atoms with Gasteiger partial charge in [0.1, 0.15) is 0 Å². The van der Waals surface area contributed by atoms with Crippen LogP contribution in [0.15, 0.2) is 18.2 Å². The molecule has 0 saturated heterocycles. The highest BCUT2D eigenvalue weighted by molar-refractivity contribution is 5.82. The largest absolute Gasteiger partial charge is 0.493 e. The van der Waals surface area contributed by atoms with Crippen molar-refractivity contribution in [2.75, 3.05) is 7.11 Å². The fourth-order valence-corrected chi connectivity index (χ4v) is 1.14. The smallest absolute Gasteiger partial charge is 0.344 e. The lowest BCUT2D eigenvalue weighted by molar-refractivity contribution is -0.144. The summed E-state index contributed by atoms with van der Waals surface area (Å²) in [4.78, 5) is 21.4. The van der Waals surface area contributed by atoms with Crippen LogP contribution in [0.4, 0.5) is 0 Å². The summed E-state index contributed by atoms with van der Waals surface area (Å²) >= 11 is 0. The van der Waals surface area contributed by atoms with Crippen LogP contribution >= 0.6 is 0 Å². The lowest BCUT2D eigenvalue weighted by Gasteiger charge is -2.15. The number of methoxy groups -OCH3 is 1. The van der Waals surface area contributed by atoms with E-state index in [9.17, 15) is 9.59 Å². The monoisotopic (exact) mass is 224 g/mol. The van der Waals surface area contributed by atoms with Crippen molar-refractivity contribution >= 4 is 12.3 Å². The molecule has 0 heterocycles. The van der Waals surface area contributed by atoms with E-state index < -0.39 is 12.1 Å². The Morgan fingerprint density at radius 3 is 2.69 bits per heavy atom. The standard InChI is InChI=1S/C11H12O5/c1-7(11(13)14)16-10-8(6-12)4-3-5-9(10)15-2/h3-7H,1-2H3,(H,13,14)/t7-/m0/s1. The van der Waals surface area contributed by atoms with E-state index in [1.54, 1.807) is 12.1 Å². The van der Waals surface area contributed by atoms with Crippen LogP contribution in [0.5, 0.6) is 11.5 Å². The van der Waals surface area contributed by atoms with Crippen molar-refractivity contribution < 1.29 is 24.2 Å². The molecule has 0 saturated carbocycles. The third-order valence-corrected chi connectivity index (χ3v) is 2.00. The minimum atomic E-state index is -1.11. The van der Waals surface area contributed by atoms with Gasteiger partial charge in [-0.15, -0.1) is 0 Å². The first-order valence-corrected chi connectivity index (χ1v) is 4.61. The van der Waals surface area contributed by atoms with Gasteiger partial charge in [0.15, 0.2) is 23.9 Å². The number of rotatable bonds is 5. The quantitative estimate of drug-likeness (QED) is 0.764. The zero-order valence-electron chi connectivity index (χ0n) is 8.97. The highest BCUT2D eigenvalue weighted by atomic mass is 16.5. The van der Waals surface area contributed by atoms with E-state index in [0.717, 1.165) is 0 Å². The Balaban J connectivity index is 3.08. The zero-order chi connectivity index (χ0) is 12.1. The highest BCUT2D eigenvalue weighted by Gasteiger charge is 2.17. The summed E-state index contributed by atoms with van der Waals surface area (Å²) in [5, 5.41) is 8.72. The predicted octanol–water partition coefficient (Wildman–Crippen LogP) is 1.36. The Kier molecular flexibility index (Phi) is 3.88. The number of carbonyl (C=O) groups is 2. The Morgan fingerprint density at radius 2 is 2.19 bits per heavy atom. The first-order valence-electron chi connectivity index (χ1n) is 4.61. The second-order valence-corrected chi connectivity index (χ2v) is 3.09. The van der Waals surface area contributed by atoms with Gasteiger partial charge in [0.05, 0.1) is 12.7 Å². The Labute approximate surface area is 92.6 Å². The van der Waals surface area contributed by atoms with Crippen molar-refractivity contribution in [2.24, 2.45) is 0 Å². The minimum absolute atomic E-state index is 0.148. The summed E-state index contributed by atoms with van der Waals surface area (Å²) in [6.45, 7) is 1.38. The van der Waals surface area contributed by atoms with Gasteiger partial charge < -0.3 is 14.6 Å². The molecule has 0 amide bonds. The molecule has 0 radical (unpaired) electrons. The molecule has 1 aromatic carbocycles. The highest BCUT2D eigenvalue weighted by Crippen LogP contribution is 2.30. The van der Waals surface area contributed by atoms with E-state index in [0.29, 0.717) is 12.0 Å². The predicted molar refractivity (Wildman–Crippen MR) is 56.1 cm³/mol. The maximum Gasteiger partial charge on any atom is 0.344 e. The fraction of sp³-hybridized carbons (Fsp3) is 0.273. The molecule has 86 valence electrons. The van der Waals surface area contributed by atoms with E-state index in [-0.39, 0.29) is 11.3 Å². The SMILES string of the molecule is COc1cccc(C=O)c1O[C@@H](C)C(=O)O. The number of hydrogen-bond donors (Lipinski definition) is 1. The molecule has 0 aromatic heterocycles. The number of aldehydes is 1. The van der Waals surface area contributed by atoms with Crippen LogP contribution in [-0.4, -0.2) is 30.6 Å². The fourth-order valence-electron chi connectivity index (χ4n) is 1.14. The average molecular weight is 224 g/mol. The van der Waals surface area contributed by atoms with Gasteiger partial charge in [-0.1, -0.05) is 6.07 Å². The first-order chi connectivity index (χ1) is 7.60. The zero-order valence-corrected chi connectivity index (χ0v) is 8.97. The summed E-state index contributed by atoms with van der Waals surface area (Å²) in [5.41, 5.74) is 0.257. The molecule has 0 spiro atoms. The normalized spacial score (nSPS) is 11.6. The lowest BCUT2D eigenvalue weighted by atomic mass is 10.2. The van der Waals surface area contributed by atoms with Crippen molar-refractivity contribution in [3.63, 3.8) is 0 Å². The number of hydrogen-bond acceptors (Lipinski definition) is 4. The number of carboxylic acids is 1. The van der Waals surface area contributed by atoms with Gasteiger partial charge in [0.2, 0.25) is 0 Å². The molecule has 1 aromatic rings. The van der Waals surface area contributed by atoms with Gasteiger partial charge in [0.25, 0.3) is 0 Å². The maximum absolute atomic E-state index is 10.8. The van der Waals surface area contributed by atoms with Crippen LogP contribution in [0.2, 0.25) is 0 Å². The number of ether oxygens (including phenoxy) is 2. The summed E-state index contributed by atoms with van der Waals surface area (Å²) in [5.74, 6) is -0.629. The van der Waals surface area contributed by atoms with E-state index in [1.165, 1.54) is 20.1 Å². The molecule has 5 nitrogen and oxygen atoms in total. The minimum Gasteiger partial charge on any atom is -0.493 e. The maximum atomic E-state index is 10.8. The number of carboxylic acid groups (broad SMARTS) is 1. The second kappa shape index (κ2) is 5.16. The van der Waals surface area contributed by atoms with Gasteiger partial charge in [-0.2, -0.15) is 0 Å². The molecule has 1 atom stereocenters. The van der Waals surface area contributed by atoms with Crippen LogP contribution in [0.25, 0.3) is 0 Å². The third-order valence-electron chi connectivity index (χ3n) is 2.00. The molecule has 0 aliphatic heterocycles. The van der Waals surface area contributed by atoms with Gasteiger partial charge in [-0.3, -0.25) is 4.79 Å². The van der Waals surface area contributed by atoms with Crippen LogP contribution in [-0.2, 0) is 4.79 Å². The third kappa shape index (κ3) is 2.50. The summed E-state index contributed by atoms with van der Waals surface area (Å²) in [6, 6.07) is 4.75. The molecular formula is C11H12O5. The van der Waals surface area contributed by atoms with Gasteiger partial charge in [0, 0.05) is 0 Å². The average Bonchev–Trinajstić information content (AvgIpc) is 2.29. The first kappa shape index (κ1) is 12.0. The number of para-hydroxylation sites is 1. The molecule has 0 unspecified atom stereocenters. The summed E-state index contributed by atoms with van der Waals surface area (Å²) in [7, 11) is 1.42. The Hall–Kier alpha value is -2.04. The van der Waals surface area contributed by atoms with Crippen molar-refractivity contribution in [1.29, 1.82) is 0 Å². The topological polar surface area (TPSA) is 72.8 Å². The Bertz CT molecular complexity index is 399. The number of carbonyl (C=O) groups excluding carboxylic acids is 1. The molecule has 5 heteroatoms. The van der Waals surface area contributed by atoms with E-state index in [2.05, 4.69) is 0 Å². The number of aliphatic carboxylic acids is 1. The summed E-state index contributed by atoms with van der Waals surface area (Å²) < 4.78 is 10.2. The number of benzene rings is 1. The van der Waals surface area contributed by atoms with E-state index in [4.69, 9.17) is 14.6 Å². The Morgan fingerprint density at radius 1 is 1.50 bits per heavy atom. The van der Waals surface area contributed by atoms with Crippen LogP contribution in [0.3, 0.4) is 0 Å². The van der Waals surface area contributed by atoms with Crippen molar-refractivity contribution in [1.82, 2.24) is 0 Å². The van der Waals surface area contributed by atoms with Crippen LogP contribution in [0.1, 0.15) is 17.3 Å².